The molecule has 0 atom stereocenters. The number of methoxy groups -OCH3 is 1. The van der Waals surface area contributed by atoms with Crippen LogP contribution in [0, 0.1) is 6.92 Å². The molecule has 1 heterocycles. The van der Waals surface area contributed by atoms with Gasteiger partial charge in [0.2, 0.25) is 5.95 Å². The standard InChI is InChI=1S/C20H18N4O3/c1-13-4-3-5-16(12-13)22-18(25)17-10-11-21-20(24-17)23-15-8-6-14(7-9-15)19(26)27-2/h3-12H,1-2H3,(H,22,25)(H,21,23,24). The molecule has 27 heavy (non-hydrogen) atoms. The van der Waals surface area contributed by atoms with Crippen LogP contribution < -0.4 is 10.6 Å². The van der Waals surface area contributed by atoms with Crippen molar-refractivity contribution in [2.24, 2.45) is 0 Å². The van der Waals surface area contributed by atoms with Gasteiger partial charge in [-0.3, -0.25) is 4.79 Å². The van der Waals surface area contributed by atoms with Gasteiger partial charge >= 0.3 is 5.97 Å². The molecule has 0 aliphatic carbocycles. The molecule has 0 spiro atoms. The monoisotopic (exact) mass is 362 g/mol. The molecule has 7 nitrogen and oxygen atoms in total. The number of anilines is 3. The number of ether oxygens (including phenoxy) is 1. The van der Waals surface area contributed by atoms with Crippen LogP contribution in [-0.2, 0) is 4.74 Å². The van der Waals surface area contributed by atoms with Crippen LogP contribution in [0.5, 0.6) is 0 Å². The SMILES string of the molecule is COC(=O)c1ccc(Nc2nccc(C(=O)Nc3cccc(C)c3)n2)cc1. The smallest absolute Gasteiger partial charge is 0.337 e. The zero-order chi connectivity index (χ0) is 19.2. The van der Waals surface area contributed by atoms with Gasteiger partial charge in [0.15, 0.2) is 0 Å². The predicted molar refractivity (Wildman–Crippen MR) is 102 cm³/mol. The summed E-state index contributed by atoms with van der Waals surface area (Å²) >= 11 is 0. The molecule has 0 saturated carbocycles. The van der Waals surface area contributed by atoms with Gasteiger partial charge in [-0.25, -0.2) is 14.8 Å². The average molecular weight is 362 g/mol. The number of esters is 1. The molecule has 0 aliphatic heterocycles. The van der Waals surface area contributed by atoms with Crippen LogP contribution in [0.25, 0.3) is 0 Å². The van der Waals surface area contributed by atoms with Crippen molar-refractivity contribution in [3.8, 4) is 0 Å². The van der Waals surface area contributed by atoms with E-state index in [1.54, 1.807) is 24.3 Å². The molecular weight excluding hydrogens is 344 g/mol. The van der Waals surface area contributed by atoms with Crippen molar-refractivity contribution in [1.82, 2.24) is 9.97 Å². The number of carbonyl (C=O) groups is 2. The highest BCUT2D eigenvalue weighted by Crippen LogP contribution is 2.15. The number of rotatable bonds is 5. The third kappa shape index (κ3) is 4.66. The molecule has 0 unspecified atom stereocenters. The van der Waals surface area contributed by atoms with Gasteiger partial charge in [-0.1, -0.05) is 12.1 Å². The van der Waals surface area contributed by atoms with Gasteiger partial charge in [0.25, 0.3) is 5.91 Å². The minimum atomic E-state index is -0.410. The van der Waals surface area contributed by atoms with E-state index in [1.807, 2.05) is 31.2 Å². The number of aryl methyl sites for hydroxylation is 1. The van der Waals surface area contributed by atoms with Crippen LogP contribution >= 0.6 is 0 Å². The van der Waals surface area contributed by atoms with E-state index in [-0.39, 0.29) is 17.5 Å². The number of amides is 1. The topological polar surface area (TPSA) is 93.2 Å². The second-order valence-corrected chi connectivity index (χ2v) is 5.78. The summed E-state index contributed by atoms with van der Waals surface area (Å²) in [5.74, 6) is -0.461. The zero-order valence-electron chi connectivity index (χ0n) is 14.9. The lowest BCUT2D eigenvalue weighted by molar-refractivity contribution is 0.0600. The molecule has 0 fully saturated rings. The van der Waals surface area contributed by atoms with E-state index in [9.17, 15) is 9.59 Å². The molecule has 0 bridgehead atoms. The summed E-state index contributed by atoms with van der Waals surface area (Å²) in [6, 6.07) is 15.7. The fourth-order valence-corrected chi connectivity index (χ4v) is 2.40. The number of aromatic nitrogens is 2. The molecule has 2 N–H and O–H groups in total. The van der Waals surface area contributed by atoms with E-state index in [4.69, 9.17) is 0 Å². The molecule has 2 aromatic carbocycles. The van der Waals surface area contributed by atoms with Crippen LogP contribution in [0.4, 0.5) is 17.3 Å². The summed E-state index contributed by atoms with van der Waals surface area (Å²) < 4.78 is 4.66. The Morgan fingerprint density at radius 2 is 1.78 bits per heavy atom. The second kappa shape index (κ2) is 8.09. The minimum absolute atomic E-state index is 0.236. The highest BCUT2D eigenvalue weighted by molar-refractivity contribution is 6.03. The van der Waals surface area contributed by atoms with Crippen LogP contribution in [0.15, 0.2) is 60.8 Å². The van der Waals surface area contributed by atoms with Crippen molar-refractivity contribution in [3.63, 3.8) is 0 Å². The first-order chi connectivity index (χ1) is 13.0. The minimum Gasteiger partial charge on any atom is -0.465 e. The van der Waals surface area contributed by atoms with Crippen molar-refractivity contribution < 1.29 is 14.3 Å². The fourth-order valence-electron chi connectivity index (χ4n) is 2.40. The predicted octanol–water partition coefficient (Wildman–Crippen LogP) is 3.57. The number of nitrogens with zero attached hydrogens (tertiary/aromatic N) is 2. The van der Waals surface area contributed by atoms with Gasteiger partial charge in [-0.05, 0) is 55.0 Å². The first kappa shape index (κ1) is 18.1. The lowest BCUT2D eigenvalue weighted by Gasteiger charge is -2.08. The highest BCUT2D eigenvalue weighted by Gasteiger charge is 2.10. The maximum atomic E-state index is 12.4. The van der Waals surface area contributed by atoms with Crippen LogP contribution in [0.1, 0.15) is 26.4 Å². The van der Waals surface area contributed by atoms with Crippen molar-refractivity contribution in [3.05, 3.63) is 77.6 Å². The Morgan fingerprint density at radius 1 is 1.00 bits per heavy atom. The lowest BCUT2D eigenvalue weighted by Crippen LogP contribution is -2.14. The van der Waals surface area contributed by atoms with Gasteiger partial charge in [0.1, 0.15) is 5.69 Å². The molecule has 3 aromatic rings. The summed E-state index contributed by atoms with van der Waals surface area (Å²) in [5.41, 5.74) is 3.11. The van der Waals surface area contributed by atoms with Gasteiger partial charge in [-0.2, -0.15) is 0 Å². The van der Waals surface area contributed by atoms with Crippen molar-refractivity contribution >= 4 is 29.2 Å². The summed E-state index contributed by atoms with van der Waals surface area (Å²) in [6.07, 6.45) is 1.50. The van der Waals surface area contributed by atoms with Crippen molar-refractivity contribution in [1.29, 1.82) is 0 Å². The Labute approximate surface area is 156 Å². The largest absolute Gasteiger partial charge is 0.465 e. The summed E-state index contributed by atoms with van der Waals surface area (Å²) in [4.78, 5) is 32.2. The quantitative estimate of drug-likeness (QED) is 0.674. The van der Waals surface area contributed by atoms with Crippen LogP contribution in [-0.4, -0.2) is 29.0 Å². The number of nitrogens with one attached hydrogen (secondary N) is 2. The van der Waals surface area contributed by atoms with Crippen LogP contribution in [0.2, 0.25) is 0 Å². The van der Waals surface area contributed by atoms with E-state index in [2.05, 4.69) is 25.3 Å². The number of hydrogen-bond donors (Lipinski definition) is 2. The van der Waals surface area contributed by atoms with Crippen molar-refractivity contribution in [2.75, 3.05) is 17.7 Å². The Hall–Kier alpha value is -3.74. The highest BCUT2D eigenvalue weighted by atomic mass is 16.5. The first-order valence-corrected chi connectivity index (χ1v) is 8.21. The molecule has 0 radical (unpaired) electrons. The maximum Gasteiger partial charge on any atom is 0.337 e. The molecule has 0 saturated heterocycles. The summed E-state index contributed by atoms with van der Waals surface area (Å²) in [6.45, 7) is 1.95. The van der Waals surface area contributed by atoms with E-state index >= 15 is 0 Å². The van der Waals surface area contributed by atoms with E-state index < -0.39 is 5.97 Å². The molecule has 0 aliphatic rings. The Morgan fingerprint density at radius 3 is 2.48 bits per heavy atom. The lowest BCUT2D eigenvalue weighted by atomic mass is 10.2. The average Bonchev–Trinajstić information content (AvgIpc) is 2.68. The zero-order valence-corrected chi connectivity index (χ0v) is 14.9. The number of benzene rings is 2. The third-order valence-electron chi connectivity index (χ3n) is 3.73. The Bertz CT molecular complexity index is 971. The Kier molecular flexibility index (Phi) is 5.41. The van der Waals surface area contributed by atoms with Crippen molar-refractivity contribution in [2.45, 2.75) is 6.92 Å². The van der Waals surface area contributed by atoms with Crippen LogP contribution in [0.3, 0.4) is 0 Å². The molecular formula is C20H18N4O3. The van der Waals surface area contributed by atoms with Gasteiger partial charge < -0.3 is 15.4 Å². The third-order valence-corrected chi connectivity index (χ3v) is 3.73. The first-order valence-electron chi connectivity index (χ1n) is 8.21. The van der Waals surface area contributed by atoms with E-state index in [1.165, 1.54) is 19.4 Å². The second-order valence-electron chi connectivity index (χ2n) is 5.78. The summed E-state index contributed by atoms with van der Waals surface area (Å²) in [5, 5.41) is 5.81. The van der Waals surface area contributed by atoms with Gasteiger partial charge in [0.05, 0.1) is 12.7 Å². The normalized spacial score (nSPS) is 10.1. The van der Waals surface area contributed by atoms with E-state index in [0.717, 1.165) is 5.56 Å². The van der Waals surface area contributed by atoms with E-state index in [0.29, 0.717) is 16.9 Å². The molecule has 1 amide bonds. The number of carbonyl (C=O) groups excluding carboxylic acids is 2. The van der Waals surface area contributed by atoms with Gasteiger partial charge in [0, 0.05) is 17.6 Å². The number of hydrogen-bond acceptors (Lipinski definition) is 6. The molecule has 1 aromatic heterocycles. The fraction of sp³-hybridized carbons (Fsp3) is 0.100. The molecule has 136 valence electrons. The molecule has 3 rings (SSSR count). The van der Waals surface area contributed by atoms with Gasteiger partial charge in [-0.15, -0.1) is 0 Å². The maximum absolute atomic E-state index is 12.4. The molecule has 7 heteroatoms. The Balaban J connectivity index is 1.71. The summed E-state index contributed by atoms with van der Waals surface area (Å²) in [7, 11) is 1.33.